The lowest BCUT2D eigenvalue weighted by atomic mass is 10.1. The molecule has 2 aromatic carbocycles. The average Bonchev–Trinajstić information content (AvgIpc) is 2.55. The molecule has 0 heterocycles. The summed E-state index contributed by atoms with van der Waals surface area (Å²) < 4.78 is 5.45. The standard InChI is InChI=1S/C18H20N2O3/c1-13-5-3-4-6-15(13)11-20(2)17(21)12-23-16-9-7-14(8-10-16)18(19)22/h3-10H,11-12H2,1-2H3,(H2,19,22). The molecule has 0 aliphatic heterocycles. The van der Waals surface area contributed by atoms with E-state index in [0.29, 0.717) is 17.9 Å². The van der Waals surface area contributed by atoms with Crippen LogP contribution in [-0.4, -0.2) is 30.4 Å². The zero-order valence-corrected chi connectivity index (χ0v) is 13.3. The number of benzene rings is 2. The van der Waals surface area contributed by atoms with Crippen molar-refractivity contribution in [3.63, 3.8) is 0 Å². The molecule has 0 aliphatic rings. The molecule has 23 heavy (non-hydrogen) atoms. The Bertz CT molecular complexity index is 696. The zero-order valence-electron chi connectivity index (χ0n) is 13.3. The van der Waals surface area contributed by atoms with Gasteiger partial charge in [-0.2, -0.15) is 0 Å². The number of rotatable bonds is 6. The number of amides is 2. The van der Waals surface area contributed by atoms with E-state index in [9.17, 15) is 9.59 Å². The lowest BCUT2D eigenvalue weighted by Gasteiger charge is -2.18. The monoisotopic (exact) mass is 312 g/mol. The number of hydrogen-bond acceptors (Lipinski definition) is 3. The molecule has 0 fully saturated rings. The predicted molar refractivity (Wildman–Crippen MR) is 88.1 cm³/mol. The van der Waals surface area contributed by atoms with Crippen LogP contribution in [0.4, 0.5) is 0 Å². The van der Waals surface area contributed by atoms with Crippen LogP contribution in [0, 0.1) is 6.92 Å². The molecule has 0 saturated carbocycles. The molecule has 0 bridgehead atoms. The van der Waals surface area contributed by atoms with Gasteiger partial charge in [0, 0.05) is 19.2 Å². The maximum absolute atomic E-state index is 12.1. The van der Waals surface area contributed by atoms with Gasteiger partial charge in [0.1, 0.15) is 5.75 Å². The largest absolute Gasteiger partial charge is 0.484 e. The third kappa shape index (κ3) is 4.57. The number of nitrogens with two attached hydrogens (primary N) is 1. The van der Waals surface area contributed by atoms with Crippen molar-refractivity contribution < 1.29 is 14.3 Å². The number of aryl methyl sites for hydroxylation is 1. The van der Waals surface area contributed by atoms with Crippen LogP contribution in [-0.2, 0) is 11.3 Å². The highest BCUT2D eigenvalue weighted by Crippen LogP contribution is 2.13. The van der Waals surface area contributed by atoms with Crippen molar-refractivity contribution in [2.24, 2.45) is 5.73 Å². The van der Waals surface area contributed by atoms with Crippen LogP contribution in [0.2, 0.25) is 0 Å². The molecule has 0 atom stereocenters. The van der Waals surface area contributed by atoms with Crippen molar-refractivity contribution in [1.82, 2.24) is 4.90 Å². The number of ether oxygens (including phenoxy) is 1. The van der Waals surface area contributed by atoms with E-state index in [-0.39, 0.29) is 12.5 Å². The fourth-order valence-corrected chi connectivity index (χ4v) is 2.10. The van der Waals surface area contributed by atoms with Gasteiger partial charge in [-0.15, -0.1) is 0 Å². The van der Waals surface area contributed by atoms with Gasteiger partial charge in [0.15, 0.2) is 6.61 Å². The summed E-state index contributed by atoms with van der Waals surface area (Å²) in [6.45, 7) is 2.50. The Morgan fingerprint density at radius 3 is 2.35 bits per heavy atom. The van der Waals surface area contributed by atoms with Gasteiger partial charge in [0.25, 0.3) is 5.91 Å². The van der Waals surface area contributed by atoms with E-state index in [2.05, 4.69) is 0 Å². The minimum Gasteiger partial charge on any atom is -0.484 e. The molecular formula is C18H20N2O3. The van der Waals surface area contributed by atoms with Gasteiger partial charge in [0.05, 0.1) is 0 Å². The lowest BCUT2D eigenvalue weighted by molar-refractivity contribution is -0.132. The molecule has 5 nitrogen and oxygen atoms in total. The number of nitrogens with zero attached hydrogens (tertiary/aromatic N) is 1. The normalized spacial score (nSPS) is 10.2. The highest BCUT2D eigenvalue weighted by molar-refractivity contribution is 5.92. The van der Waals surface area contributed by atoms with Gasteiger partial charge < -0.3 is 15.4 Å². The van der Waals surface area contributed by atoms with E-state index in [1.165, 1.54) is 0 Å². The Morgan fingerprint density at radius 1 is 1.09 bits per heavy atom. The fraction of sp³-hybridized carbons (Fsp3) is 0.222. The van der Waals surface area contributed by atoms with E-state index in [1.807, 2.05) is 31.2 Å². The average molecular weight is 312 g/mol. The first-order valence-corrected chi connectivity index (χ1v) is 7.28. The molecule has 2 N–H and O–H groups in total. The van der Waals surface area contributed by atoms with E-state index >= 15 is 0 Å². The second-order valence-electron chi connectivity index (χ2n) is 5.35. The van der Waals surface area contributed by atoms with Crippen molar-refractivity contribution >= 4 is 11.8 Å². The maximum atomic E-state index is 12.1. The van der Waals surface area contributed by atoms with Crippen molar-refractivity contribution in [1.29, 1.82) is 0 Å². The molecule has 5 heteroatoms. The highest BCUT2D eigenvalue weighted by Gasteiger charge is 2.11. The first kappa shape index (κ1) is 16.5. The van der Waals surface area contributed by atoms with Gasteiger partial charge in [-0.05, 0) is 42.3 Å². The number of primary amides is 1. The Kier molecular flexibility index (Phi) is 5.36. The first-order chi connectivity index (χ1) is 11.0. The van der Waals surface area contributed by atoms with Crippen molar-refractivity contribution in [3.05, 3.63) is 65.2 Å². The summed E-state index contributed by atoms with van der Waals surface area (Å²) in [7, 11) is 1.74. The zero-order chi connectivity index (χ0) is 16.8. The van der Waals surface area contributed by atoms with Gasteiger partial charge in [-0.1, -0.05) is 24.3 Å². The summed E-state index contributed by atoms with van der Waals surface area (Å²) in [4.78, 5) is 24.7. The molecule has 0 saturated heterocycles. The van der Waals surface area contributed by atoms with Crippen LogP contribution < -0.4 is 10.5 Å². The second-order valence-corrected chi connectivity index (χ2v) is 5.35. The van der Waals surface area contributed by atoms with Crippen molar-refractivity contribution in [3.8, 4) is 5.75 Å². The smallest absolute Gasteiger partial charge is 0.260 e. The summed E-state index contributed by atoms with van der Waals surface area (Å²) in [6, 6.07) is 14.3. The molecule has 2 rings (SSSR count). The van der Waals surface area contributed by atoms with Crippen LogP contribution >= 0.6 is 0 Å². The number of hydrogen-bond donors (Lipinski definition) is 1. The Morgan fingerprint density at radius 2 is 1.74 bits per heavy atom. The van der Waals surface area contributed by atoms with Gasteiger partial charge >= 0.3 is 0 Å². The number of likely N-dealkylation sites (N-methyl/N-ethyl adjacent to an activating group) is 1. The fourth-order valence-electron chi connectivity index (χ4n) is 2.10. The molecule has 2 aromatic rings. The van der Waals surface area contributed by atoms with Gasteiger partial charge in [-0.25, -0.2) is 0 Å². The van der Waals surface area contributed by atoms with Crippen LogP contribution in [0.25, 0.3) is 0 Å². The highest BCUT2D eigenvalue weighted by atomic mass is 16.5. The van der Waals surface area contributed by atoms with Gasteiger partial charge in [0.2, 0.25) is 5.91 Å². The molecule has 2 amide bonds. The van der Waals surface area contributed by atoms with Crippen LogP contribution in [0.5, 0.6) is 5.75 Å². The van der Waals surface area contributed by atoms with Crippen LogP contribution in [0.15, 0.2) is 48.5 Å². The third-order valence-corrected chi connectivity index (χ3v) is 3.60. The third-order valence-electron chi connectivity index (χ3n) is 3.60. The summed E-state index contributed by atoms with van der Waals surface area (Å²) in [5.74, 6) is -0.0922. The summed E-state index contributed by atoms with van der Waals surface area (Å²) in [5, 5.41) is 0. The van der Waals surface area contributed by atoms with Gasteiger partial charge in [-0.3, -0.25) is 9.59 Å². The predicted octanol–water partition coefficient (Wildman–Crippen LogP) is 2.13. The Hall–Kier alpha value is -2.82. The minimum absolute atomic E-state index is 0.0572. The Labute approximate surface area is 135 Å². The summed E-state index contributed by atoms with van der Waals surface area (Å²) in [5.41, 5.74) is 7.83. The van der Waals surface area contributed by atoms with E-state index < -0.39 is 5.91 Å². The van der Waals surface area contributed by atoms with E-state index in [1.54, 1.807) is 36.2 Å². The lowest BCUT2D eigenvalue weighted by Crippen LogP contribution is -2.31. The molecule has 0 aliphatic carbocycles. The Balaban J connectivity index is 1.89. The summed E-state index contributed by atoms with van der Waals surface area (Å²) >= 11 is 0. The second kappa shape index (κ2) is 7.45. The SMILES string of the molecule is Cc1ccccc1CN(C)C(=O)COc1ccc(C(N)=O)cc1. The van der Waals surface area contributed by atoms with Crippen molar-refractivity contribution in [2.75, 3.05) is 13.7 Å². The first-order valence-electron chi connectivity index (χ1n) is 7.28. The summed E-state index contributed by atoms with van der Waals surface area (Å²) in [6.07, 6.45) is 0. The van der Waals surface area contributed by atoms with Crippen molar-refractivity contribution in [2.45, 2.75) is 13.5 Å². The molecule has 0 spiro atoms. The quantitative estimate of drug-likeness (QED) is 0.888. The topological polar surface area (TPSA) is 72.6 Å². The van der Waals surface area contributed by atoms with Crippen LogP contribution in [0.1, 0.15) is 21.5 Å². The minimum atomic E-state index is -0.495. The van der Waals surface area contributed by atoms with E-state index in [4.69, 9.17) is 10.5 Å². The number of carbonyl (C=O) groups is 2. The maximum Gasteiger partial charge on any atom is 0.260 e. The molecule has 0 radical (unpaired) electrons. The molecular weight excluding hydrogens is 292 g/mol. The van der Waals surface area contributed by atoms with E-state index in [0.717, 1.165) is 11.1 Å². The number of carbonyl (C=O) groups excluding carboxylic acids is 2. The van der Waals surface area contributed by atoms with Crippen LogP contribution in [0.3, 0.4) is 0 Å². The molecule has 0 unspecified atom stereocenters. The molecule has 0 aromatic heterocycles. The molecule has 120 valence electrons.